The van der Waals surface area contributed by atoms with Crippen molar-refractivity contribution >= 4 is 11.8 Å². The first-order valence-electron chi connectivity index (χ1n) is 7.67. The summed E-state index contributed by atoms with van der Waals surface area (Å²) in [6.45, 7) is 1.87. The van der Waals surface area contributed by atoms with Crippen LogP contribution in [0.4, 0.5) is 10.5 Å². The van der Waals surface area contributed by atoms with Gasteiger partial charge in [0.2, 0.25) is 0 Å². The standard InChI is InChI=1S/C16H21NO5/c1-12(11-13-5-3-2-4-6-13)21-16(18)22-15-9-7-14(8-10-15)17(19)20/h7-10,12-13H,2-6,11H2,1H3. The molecule has 1 aliphatic carbocycles. The SMILES string of the molecule is CC(CC1CCCCC1)OC(=O)Oc1ccc([N+](=O)[O-])cc1. The minimum absolute atomic E-state index is 0.0496. The van der Waals surface area contributed by atoms with E-state index in [0.717, 1.165) is 6.42 Å². The Hall–Kier alpha value is -2.11. The summed E-state index contributed by atoms with van der Waals surface area (Å²) >= 11 is 0. The molecular weight excluding hydrogens is 286 g/mol. The maximum atomic E-state index is 11.7. The van der Waals surface area contributed by atoms with Crippen molar-refractivity contribution in [2.45, 2.75) is 51.6 Å². The molecule has 6 heteroatoms. The van der Waals surface area contributed by atoms with Crippen LogP contribution in [0.2, 0.25) is 0 Å². The molecule has 0 aliphatic heterocycles. The van der Waals surface area contributed by atoms with Gasteiger partial charge >= 0.3 is 6.16 Å². The lowest BCUT2D eigenvalue weighted by atomic mass is 9.86. The predicted molar refractivity (Wildman–Crippen MR) is 80.9 cm³/mol. The minimum atomic E-state index is -0.767. The van der Waals surface area contributed by atoms with Crippen LogP contribution >= 0.6 is 0 Å². The summed E-state index contributed by atoms with van der Waals surface area (Å²) in [5.41, 5.74) is -0.0496. The van der Waals surface area contributed by atoms with Gasteiger partial charge in [0, 0.05) is 12.1 Å². The number of non-ortho nitro benzene ring substituents is 1. The number of nitro benzene ring substituents is 1. The highest BCUT2D eigenvalue weighted by Gasteiger charge is 2.19. The van der Waals surface area contributed by atoms with Gasteiger partial charge in [0.1, 0.15) is 11.9 Å². The van der Waals surface area contributed by atoms with E-state index in [-0.39, 0.29) is 17.5 Å². The molecular formula is C16H21NO5. The third-order valence-electron chi connectivity index (χ3n) is 3.94. The smallest absolute Gasteiger partial charge is 0.431 e. The molecule has 0 spiro atoms. The monoisotopic (exact) mass is 307 g/mol. The lowest BCUT2D eigenvalue weighted by molar-refractivity contribution is -0.384. The molecule has 2 rings (SSSR count). The summed E-state index contributed by atoms with van der Waals surface area (Å²) in [5, 5.41) is 10.5. The number of carbonyl (C=O) groups excluding carboxylic acids is 1. The molecule has 1 aromatic carbocycles. The normalized spacial score (nSPS) is 16.8. The average Bonchev–Trinajstić information content (AvgIpc) is 2.48. The lowest BCUT2D eigenvalue weighted by Gasteiger charge is -2.24. The molecule has 0 N–H and O–H groups in total. The summed E-state index contributed by atoms with van der Waals surface area (Å²) in [5.74, 6) is 0.858. The van der Waals surface area contributed by atoms with Gasteiger partial charge in [-0.25, -0.2) is 4.79 Å². The van der Waals surface area contributed by atoms with Gasteiger partial charge in [-0.15, -0.1) is 0 Å². The van der Waals surface area contributed by atoms with Crippen LogP contribution < -0.4 is 4.74 Å². The molecule has 0 bridgehead atoms. The largest absolute Gasteiger partial charge is 0.514 e. The first kappa shape index (κ1) is 16.3. The Balaban J connectivity index is 1.77. The van der Waals surface area contributed by atoms with Gasteiger partial charge in [-0.05, 0) is 31.4 Å². The van der Waals surface area contributed by atoms with Crippen molar-refractivity contribution in [1.82, 2.24) is 0 Å². The number of hydrogen-bond donors (Lipinski definition) is 0. The number of benzene rings is 1. The molecule has 1 fully saturated rings. The highest BCUT2D eigenvalue weighted by molar-refractivity contribution is 5.64. The summed E-state index contributed by atoms with van der Waals surface area (Å²) < 4.78 is 10.3. The molecule has 1 aliphatic rings. The average molecular weight is 307 g/mol. The van der Waals surface area contributed by atoms with Crippen molar-refractivity contribution in [2.75, 3.05) is 0 Å². The van der Waals surface area contributed by atoms with Crippen LogP contribution in [0.1, 0.15) is 45.4 Å². The van der Waals surface area contributed by atoms with E-state index in [1.54, 1.807) is 0 Å². The van der Waals surface area contributed by atoms with Crippen LogP contribution in [-0.4, -0.2) is 17.2 Å². The van der Waals surface area contributed by atoms with Crippen LogP contribution in [0.15, 0.2) is 24.3 Å². The van der Waals surface area contributed by atoms with E-state index in [0.29, 0.717) is 5.92 Å². The van der Waals surface area contributed by atoms with E-state index >= 15 is 0 Å². The quantitative estimate of drug-likeness (QED) is 0.347. The van der Waals surface area contributed by atoms with Crippen LogP contribution in [0.3, 0.4) is 0 Å². The topological polar surface area (TPSA) is 78.7 Å². The van der Waals surface area contributed by atoms with E-state index < -0.39 is 11.1 Å². The van der Waals surface area contributed by atoms with Gasteiger partial charge in [-0.2, -0.15) is 0 Å². The van der Waals surface area contributed by atoms with E-state index in [1.165, 1.54) is 56.4 Å². The van der Waals surface area contributed by atoms with Crippen LogP contribution in [0.25, 0.3) is 0 Å². The number of rotatable bonds is 5. The second-order valence-corrected chi connectivity index (χ2v) is 5.77. The molecule has 1 atom stereocenters. The second-order valence-electron chi connectivity index (χ2n) is 5.77. The molecule has 1 aromatic rings. The molecule has 0 amide bonds. The molecule has 0 radical (unpaired) electrons. The molecule has 120 valence electrons. The second kappa shape index (κ2) is 7.77. The summed E-state index contributed by atoms with van der Waals surface area (Å²) in [6, 6.07) is 5.33. The summed E-state index contributed by atoms with van der Waals surface area (Å²) in [7, 11) is 0. The predicted octanol–water partition coefficient (Wildman–Crippen LogP) is 4.47. The highest BCUT2D eigenvalue weighted by Crippen LogP contribution is 2.28. The Morgan fingerprint density at radius 3 is 2.50 bits per heavy atom. The number of ether oxygens (including phenoxy) is 2. The number of carbonyl (C=O) groups is 1. The number of nitro groups is 1. The van der Waals surface area contributed by atoms with Gasteiger partial charge < -0.3 is 9.47 Å². The Morgan fingerprint density at radius 2 is 1.91 bits per heavy atom. The first-order chi connectivity index (χ1) is 10.5. The van der Waals surface area contributed by atoms with Crippen molar-refractivity contribution in [3.63, 3.8) is 0 Å². The van der Waals surface area contributed by atoms with Crippen LogP contribution in [-0.2, 0) is 4.74 Å². The zero-order valence-electron chi connectivity index (χ0n) is 12.7. The third-order valence-corrected chi connectivity index (χ3v) is 3.94. The van der Waals surface area contributed by atoms with Crippen LogP contribution in [0.5, 0.6) is 5.75 Å². The fourth-order valence-corrected chi connectivity index (χ4v) is 2.86. The van der Waals surface area contributed by atoms with E-state index in [9.17, 15) is 14.9 Å². The van der Waals surface area contributed by atoms with Gasteiger partial charge in [-0.1, -0.05) is 32.1 Å². The van der Waals surface area contributed by atoms with Crippen molar-refractivity contribution in [3.8, 4) is 5.75 Å². The third kappa shape index (κ3) is 5.02. The minimum Gasteiger partial charge on any atom is -0.431 e. The highest BCUT2D eigenvalue weighted by atomic mass is 16.7. The van der Waals surface area contributed by atoms with Crippen molar-refractivity contribution in [1.29, 1.82) is 0 Å². The van der Waals surface area contributed by atoms with E-state index in [2.05, 4.69) is 0 Å². The molecule has 0 aromatic heterocycles. The zero-order chi connectivity index (χ0) is 15.9. The van der Waals surface area contributed by atoms with E-state index in [1.807, 2.05) is 6.92 Å². The lowest BCUT2D eigenvalue weighted by Crippen LogP contribution is -2.22. The maximum Gasteiger partial charge on any atom is 0.514 e. The molecule has 1 saturated carbocycles. The number of hydrogen-bond acceptors (Lipinski definition) is 5. The summed E-state index contributed by atoms with van der Waals surface area (Å²) in [4.78, 5) is 21.7. The maximum absolute atomic E-state index is 11.7. The van der Waals surface area contributed by atoms with Gasteiger partial charge in [0.25, 0.3) is 5.69 Å². The van der Waals surface area contributed by atoms with Crippen molar-refractivity contribution in [3.05, 3.63) is 34.4 Å². The Kier molecular flexibility index (Phi) is 5.75. The molecule has 1 unspecified atom stereocenters. The van der Waals surface area contributed by atoms with Crippen LogP contribution in [0, 0.1) is 16.0 Å². The summed E-state index contributed by atoms with van der Waals surface area (Å²) in [6.07, 6.45) is 6.11. The number of nitrogens with zero attached hydrogens (tertiary/aromatic N) is 1. The Bertz CT molecular complexity index is 508. The fourth-order valence-electron chi connectivity index (χ4n) is 2.86. The van der Waals surface area contributed by atoms with Crippen molar-refractivity contribution in [2.24, 2.45) is 5.92 Å². The molecule has 6 nitrogen and oxygen atoms in total. The zero-order valence-corrected chi connectivity index (χ0v) is 12.7. The van der Waals surface area contributed by atoms with Gasteiger partial charge in [-0.3, -0.25) is 10.1 Å². The molecule has 0 saturated heterocycles. The Morgan fingerprint density at radius 1 is 1.27 bits per heavy atom. The first-order valence-corrected chi connectivity index (χ1v) is 7.67. The van der Waals surface area contributed by atoms with E-state index in [4.69, 9.17) is 9.47 Å². The fraction of sp³-hybridized carbons (Fsp3) is 0.562. The molecule has 22 heavy (non-hydrogen) atoms. The van der Waals surface area contributed by atoms with Gasteiger partial charge in [0.15, 0.2) is 0 Å². The molecule has 0 heterocycles. The van der Waals surface area contributed by atoms with Crippen molar-refractivity contribution < 1.29 is 19.2 Å². The Labute approximate surface area is 129 Å². The van der Waals surface area contributed by atoms with Gasteiger partial charge in [0.05, 0.1) is 4.92 Å².